The molecule has 1 aliphatic heterocycles. The molecule has 24 heavy (non-hydrogen) atoms. The van der Waals surface area contributed by atoms with Gasteiger partial charge in [0.15, 0.2) is 5.82 Å². The minimum Gasteiger partial charge on any atom is -0.300 e. The molecule has 0 spiro atoms. The number of aromatic amines is 1. The van der Waals surface area contributed by atoms with E-state index in [9.17, 15) is 9.59 Å². The van der Waals surface area contributed by atoms with Crippen LogP contribution in [0.1, 0.15) is 6.42 Å². The van der Waals surface area contributed by atoms with Gasteiger partial charge in [0.2, 0.25) is 16.9 Å². The van der Waals surface area contributed by atoms with Gasteiger partial charge in [0.1, 0.15) is 5.51 Å². The van der Waals surface area contributed by atoms with Gasteiger partial charge < -0.3 is 5.32 Å². The number of nitrogens with one attached hydrogen (secondary N) is 2. The van der Waals surface area contributed by atoms with E-state index in [0.717, 1.165) is 15.4 Å². The SMILES string of the molecule is O=C(Nc1nncs1)C1CC(=O)N(c2n[nH]c3cc(Br)ccc23)C1. The molecule has 1 aliphatic rings. The number of fused-ring (bicyclic) bond motifs is 1. The first-order valence-electron chi connectivity index (χ1n) is 7.13. The zero-order valence-electron chi connectivity index (χ0n) is 12.2. The number of halogens is 1. The van der Waals surface area contributed by atoms with Crippen molar-refractivity contribution in [2.45, 2.75) is 6.42 Å². The Hall–Kier alpha value is -2.33. The smallest absolute Gasteiger partial charge is 0.231 e. The molecule has 3 aromatic rings. The Labute approximate surface area is 148 Å². The van der Waals surface area contributed by atoms with E-state index in [-0.39, 0.29) is 18.2 Å². The van der Waals surface area contributed by atoms with Crippen molar-refractivity contribution in [3.63, 3.8) is 0 Å². The maximum atomic E-state index is 12.4. The normalized spacial score (nSPS) is 17.6. The number of hydrogen-bond donors (Lipinski definition) is 2. The molecule has 2 aromatic heterocycles. The molecule has 0 aliphatic carbocycles. The van der Waals surface area contributed by atoms with Crippen LogP contribution in [0.2, 0.25) is 0 Å². The number of anilines is 2. The summed E-state index contributed by atoms with van der Waals surface area (Å²) >= 11 is 4.64. The van der Waals surface area contributed by atoms with Crippen molar-refractivity contribution in [1.29, 1.82) is 0 Å². The average molecular weight is 407 g/mol. The molecule has 0 bridgehead atoms. The van der Waals surface area contributed by atoms with Gasteiger partial charge in [-0.2, -0.15) is 5.10 Å². The zero-order valence-corrected chi connectivity index (χ0v) is 14.6. The van der Waals surface area contributed by atoms with E-state index in [1.807, 2.05) is 18.2 Å². The Bertz CT molecular complexity index is 925. The van der Waals surface area contributed by atoms with Crippen molar-refractivity contribution in [3.8, 4) is 0 Å². The van der Waals surface area contributed by atoms with Crippen LogP contribution >= 0.6 is 27.3 Å². The van der Waals surface area contributed by atoms with Crippen LogP contribution in [0.5, 0.6) is 0 Å². The van der Waals surface area contributed by atoms with Gasteiger partial charge in [-0.15, -0.1) is 10.2 Å². The van der Waals surface area contributed by atoms with E-state index in [1.54, 1.807) is 4.90 Å². The maximum absolute atomic E-state index is 12.4. The Morgan fingerprint density at radius 3 is 3.12 bits per heavy atom. The number of carbonyl (C=O) groups excluding carboxylic acids is 2. The van der Waals surface area contributed by atoms with Gasteiger partial charge in [-0.25, -0.2) is 0 Å². The second-order valence-corrected chi connectivity index (χ2v) is 7.12. The molecule has 2 N–H and O–H groups in total. The van der Waals surface area contributed by atoms with Gasteiger partial charge in [-0.1, -0.05) is 27.3 Å². The van der Waals surface area contributed by atoms with Crippen LogP contribution in [0.15, 0.2) is 28.2 Å². The molecule has 122 valence electrons. The summed E-state index contributed by atoms with van der Waals surface area (Å²) in [5.74, 6) is -0.244. The minimum absolute atomic E-state index is 0.122. The lowest BCUT2D eigenvalue weighted by molar-refractivity contribution is -0.122. The summed E-state index contributed by atoms with van der Waals surface area (Å²) in [6, 6.07) is 5.67. The molecule has 1 saturated heterocycles. The van der Waals surface area contributed by atoms with E-state index in [2.05, 4.69) is 41.6 Å². The minimum atomic E-state index is -0.441. The van der Waals surface area contributed by atoms with E-state index in [4.69, 9.17) is 0 Å². The summed E-state index contributed by atoms with van der Waals surface area (Å²) in [4.78, 5) is 26.2. The molecule has 1 unspecified atom stereocenters. The van der Waals surface area contributed by atoms with Crippen LogP contribution in [-0.4, -0.2) is 38.8 Å². The monoisotopic (exact) mass is 406 g/mol. The first-order valence-corrected chi connectivity index (χ1v) is 8.80. The number of hydrogen-bond acceptors (Lipinski definition) is 6. The highest BCUT2D eigenvalue weighted by Gasteiger charge is 2.37. The Balaban J connectivity index is 1.56. The molecule has 1 fully saturated rings. The largest absolute Gasteiger partial charge is 0.300 e. The first kappa shape index (κ1) is 15.2. The van der Waals surface area contributed by atoms with E-state index >= 15 is 0 Å². The number of rotatable bonds is 3. The molecular formula is C14H11BrN6O2S. The van der Waals surface area contributed by atoms with Crippen molar-refractivity contribution in [2.75, 3.05) is 16.8 Å². The number of carbonyl (C=O) groups is 2. The summed E-state index contributed by atoms with van der Waals surface area (Å²) in [5.41, 5.74) is 2.37. The summed E-state index contributed by atoms with van der Waals surface area (Å²) in [5, 5.41) is 18.6. The fourth-order valence-electron chi connectivity index (χ4n) is 2.71. The van der Waals surface area contributed by atoms with E-state index in [1.165, 1.54) is 16.8 Å². The average Bonchev–Trinajstić information content (AvgIpc) is 3.26. The highest BCUT2D eigenvalue weighted by Crippen LogP contribution is 2.31. The lowest BCUT2D eigenvalue weighted by Gasteiger charge is -2.13. The summed E-state index contributed by atoms with van der Waals surface area (Å²) < 4.78 is 0.923. The molecule has 3 heterocycles. The standard InChI is InChI=1S/C14H11BrN6O2S/c15-8-1-2-9-10(4-8)18-19-12(9)21-5-7(3-11(21)22)13(23)17-14-20-16-6-24-14/h1-2,4,6-7H,3,5H2,(H,18,19)(H,17,20,23). The molecule has 8 nitrogen and oxygen atoms in total. The Morgan fingerprint density at radius 1 is 1.46 bits per heavy atom. The Morgan fingerprint density at radius 2 is 2.33 bits per heavy atom. The second-order valence-electron chi connectivity index (χ2n) is 5.38. The molecule has 0 radical (unpaired) electrons. The maximum Gasteiger partial charge on any atom is 0.231 e. The number of aromatic nitrogens is 4. The van der Waals surface area contributed by atoms with Crippen molar-refractivity contribution in [3.05, 3.63) is 28.2 Å². The molecule has 1 atom stereocenters. The van der Waals surface area contributed by atoms with Gasteiger partial charge in [0.05, 0.1) is 11.4 Å². The van der Waals surface area contributed by atoms with Crippen LogP contribution in [0.4, 0.5) is 10.9 Å². The van der Waals surface area contributed by atoms with Crippen LogP contribution in [0.3, 0.4) is 0 Å². The summed E-state index contributed by atoms with van der Waals surface area (Å²) in [6.07, 6.45) is 0.148. The van der Waals surface area contributed by atoms with E-state index in [0.29, 0.717) is 17.5 Å². The van der Waals surface area contributed by atoms with Crippen LogP contribution in [0, 0.1) is 5.92 Å². The number of benzene rings is 1. The third-order valence-electron chi connectivity index (χ3n) is 3.85. The summed E-state index contributed by atoms with van der Waals surface area (Å²) in [6.45, 7) is 0.291. The molecule has 1 aromatic carbocycles. The summed E-state index contributed by atoms with van der Waals surface area (Å²) in [7, 11) is 0. The van der Waals surface area contributed by atoms with Crippen LogP contribution in [0.25, 0.3) is 10.9 Å². The van der Waals surface area contributed by atoms with E-state index < -0.39 is 5.92 Å². The fourth-order valence-corrected chi connectivity index (χ4v) is 3.52. The fraction of sp³-hybridized carbons (Fsp3) is 0.214. The second kappa shape index (κ2) is 5.95. The number of amides is 2. The topological polar surface area (TPSA) is 104 Å². The predicted octanol–water partition coefficient (Wildman–Crippen LogP) is 2.17. The Kier molecular flexibility index (Phi) is 3.77. The first-order chi connectivity index (χ1) is 11.6. The highest BCUT2D eigenvalue weighted by molar-refractivity contribution is 9.10. The quantitative estimate of drug-likeness (QED) is 0.693. The van der Waals surface area contributed by atoms with Gasteiger partial charge in [-0.3, -0.25) is 19.6 Å². The van der Waals surface area contributed by atoms with Gasteiger partial charge in [0.25, 0.3) is 0 Å². The predicted molar refractivity (Wildman–Crippen MR) is 92.8 cm³/mol. The molecule has 4 rings (SSSR count). The molecule has 10 heteroatoms. The van der Waals surface area contributed by atoms with Crippen molar-refractivity contribution >= 4 is 60.9 Å². The van der Waals surface area contributed by atoms with Crippen molar-refractivity contribution in [2.24, 2.45) is 5.92 Å². The lowest BCUT2D eigenvalue weighted by Crippen LogP contribution is -2.28. The van der Waals surface area contributed by atoms with Gasteiger partial charge in [0, 0.05) is 22.8 Å². The molecule has 0 saturated carbocycles. The molecular weight excluding hydrogens is 396 g/mol. The zero-order chi connectivity index (χ0) is 16.7. The highest BCUT2D eigenvalue weighted by atomic mass is 79.9. The van der Waals surface area contributed by atoms with Crippen LogP contribution in [-0.2, 0) is 9.59 Å². The van der Waals surface area contributed by atoms with Gasteiger partial charge >= 0.3 is 0 Å². The third kappa shape index (κ3) is 2.67. The lowest BCUT2D eigenvalue weighted by atomic mass is 10.1. The number of nitrogens with zero attached hydrogens (tertiary/aromatic N) is 4. The van der Waals surface area contributed by atoms with Gasteiger partial charge in [-0.05, 0) is 18.2 Å². The number of H-pyrrole nitrogens is 1. The van der Waals surface area contributed by atoms with Crippen LogP contribution < -0.4 is 10.2 Å². The third-order valence-corrected chi connectivity index (χ3v) is 4.95. The van der Waals surface area contributed by atoms with Crippen molar-refractivity contribution < 1.29 is 9.59 Å². The molecule has 2 amide bonds. The van der Waals surface area contributed by atoms with Crippen molar-refractivity contribution in [1.82, 2.24) is 20.4 Å².